The average Bonchev–Trinajstić information content (AvgIpc) is 3.34. The molecule has 2 aromatic heterocycles. The summed E-state index contributed by atoms with van der Waals surface area (Å²) in [6, 6.07) is 20.5. The molecule has 3 atom stereocenters. The number of carbonyl (C=O) groups excluding carboxylic acids is 1. The molecule has 6 rings (SSSR count). The second kappa shape index (κ2) is 9.54. The van der Waals surface area contributed by atoms with Crippen LogP contribution in [0.1, 0.15) is 46.7 Å². The van der Waals surface area contributed by atoms with Crippen LogP contribution in [0.3, 0.4) is 0 Å². The van der Waals surface area contributed by atoms with Gasteiger partial charge in [0, 0.05) is 18.0 Å². The number of hydrogen-bond donors (Lipinski definition) is 0. The molecule has 0 aliphatic heterocycles. The first-order valence-electron chi connectivity index (χ1n) is 12.8. The van der Waals surface area contributed by atoms with E-state index in [9.17, 15) is 17.6 Å². The molecule has 0 saturated heterocycles. The zero-order valence-corrected chi connectivity index (χ0v) is 21.5. The zero-order chi connectivity index (χ0) is 26.3. The van der Waals surface area contributed by atoms with Gasteiger partial charge in [-0.15, -0.1) is 5.10 Å². The number of fused-ring (bicyclic) bond motifs is 2. The van der Waals surface area contributed by atoms with Gasteiger partial charge in [-0.05, 0) is 73.6 Å². The molecule has 2 aliphatic carbocycles. The van der Waals surface area contributed by atoms with Gasteiger partial charge in [-0.3, -0.25) is 9.78 Å². The van der Waals surface area contributed by atoms with E-state index in [0.717, 1.165) is 11.3 Å². The molecular weight excluding hydrogens is 503 g/mol. The Balaban J connectivity index is 1.39. The SMILES string of the molecule is O=C(c1ccccn1)[C@]12Cc3nnn(-c4ccc(F)cc4)c3CC1CC[C@H](S(=O)(=O)Cc1ccccc1)C2. The van der Waals surface area contributed by atoms with Gasteiger partial charge >= 0.3 is 0 Å². The molecule has 0 radical (unpaired) electrons. The van der Waals surface area contributed by atoms with Crippen LogP contribution in [0.2, 0.25) is 0 Å². The van der Waals surface area contributed by atoms with E-state index in [1.54, 1.807) is 41.2 Å². The average molecular weight is 531 g/mol. The van der Waals surface area contributed by atoms with Crippen molar-refractivity contribution in [1.29, 1.82) is 0 Å². The monoisotopic (exact) mass is 530 g/mol. The molecule has 2 aromatic carbocycles. The van der Waals surface area contributed by atoms with Crippen molar-refractivity contribution in [3.63, 3.8) is 0 Å². The van der Waals surface area contributed by atoms with Crippen LogP contribution in [0.15, 0.2) is 79.0 Å². The number of pyridine rings is 1. The van der Waals surface area contributed by atoms with E-state index >= 15 is 0 Å². The first-order chi connectivity index (χ1) is 18.4. The molecule has 0 N–H and O–H groups in total. The number of halogens is 1. The third-order valence-corrected chi connectivity index (χ3v) is 10.3. The molecule has 4 aromatic rings. The van der Waals surface area contributed by atoms with Crippen LogP contribution in [0.25, 0.3) is 5.69 Å². The smallest absolute Gasteiger partial charge is 0.188 e. The fourth-order valence-corrected chi connectivity index (χ4v) is 8.13. The molecule has 1 saturated carbocycles. The highest BCUT2D eigenvalue weighted by molar-refractivity contribution is 7.91. The van der Waals surface area contributed by atoms with Crippen molar-refractivity contribution in [2.45, 2.75) is 43.1 Å². The van der Waals surface area contributed by atoms with Gasteiger partial charge in [-0.25, -0.2) is 17.5 Å². The predicted molar refractivity (Wildman–Crippen MR) is 140 cm³/mol. The number of rotatable bonds is 6. The van der Waals surface area contributed by atoms with E-state index in [1.807, 2.05) is 30.3 Å². The Kier molecular flexibility index (Phi) is 6.18. The van der Waals surface area contributed by atoms with Gasteiger partial charge in [0.25, 0.3) is 0 Å². The summed E-state index contributed by atoms with van der Waals surface area (Å²) in [4.78, 5) is 18.5. The van der Waals surface area contributed by atoms with Crippen molar-refractivity contribution in [1.82, 2.24) is 20.0 Å². The Hall–Kier alpha value is -3.72. The molecule has 2 aliphatic rings. The normalized spacial score (nSPS) is 22.9. The number of sulfone groups is 1. The summed E-state index contributed by atoms with van der Waals surface area (Å²) in [7, 11) is -3.51. The Bertz CT molecular complexity index is 1570. The minimum absolute atomic E-state index is 0.0525. The highest BCUT2D eigenvalue weighted by Gasteiger charge is 2.55. The molecule has 2 heterocycles. The van der Waals surface area contributed by atoms with E-state index in [4.69, 9.17) is 0 Å². The minimum atomic E-state index is -3.51. The third-order valence-electron chi connectivity index (χ3n) is 8.12. The molecule has 0 bridgehead atoms. The second-order valence-electron chi connectivity index (χ2n) is 10.3. The van der Waals surface area contributed by atoms with Crippen molar-refractivity contribution < 1.29 is 17.6 Å². The van der Waals surface area contributed by atoms with E-state index in [1.165, 1.54) is 12.1 Å². The van der Waals surface area contributed by atoms with Crippen molar-refractivity contribution >= 4 is 15.6 Å². The van der Waals surface area contributed by atoms with Gasteiger partial charge in [-0.2, -0.15) is 0 Å². The van der Waals surface area contributed by atoms with Crippen LogP contribution >= 0.6 is 0 Å². The molecule has 38 heavy (non-hydrogen) atoms. The second-order valence-corrected chi connectivity index (χ2v) is 12.6. The number of aromatic nitrogens is 4. The highest BCUT2D eigenvalue weighted by atomic mass is 32.2. The summed E-state index contributed by atoms with van der Waals surface area (Å²) in [6.45, 7) is 0. The maximum Gasteiger partial charge on any atom is 0.188 e. The maximum absolute atomic E-state index is 14.2. The van der Waals surface area contributed by atoms with Crippen LogP contribution in [0.4, 0.5) is 4.39 Å². The lowest BCUT2D eigenvalue weighted by Crippen LogP contribution is -2.51. The van der Waals surface area contributed by atoms with E-state index in [2.05, 4.69) is 15.3 Å². The Morgan fingerprint density at radius 3 is 2.50 bits per heavy atom. The van der Waals surface area contributed by atoms with Gasteiger partial charge in [0.2, 0.25) is 0 Å². The van der Waals surface area contributed by atoms with Crippen LogP contribution in [-0.2, 0) is 28.4 Å². The van der Waals surface area contributed by atoms with Crippen LogP contribution in [0.5, 0.6) is 0 Å². The van der Waals surface area contributed by atoms with E-state index in [-0.39, 0.29) is 29.7 Å². The number of Topliss-reactive ketones (excluding diaryl/α,β-unsaturated/α-hetero) is 1. The number of benzene rings is 2. The Morgan fingerprint density at radius 1 is 1.00 bits per heavy atom. The predicted octanol–water partition coefficient (Wildman–Crippen LogP) is 4.55. The Labute approximate surface area is 220 Å². The quantitative estimate of drug-likeness (QED) is 0.340. The number of ketones is 1. The topological polar surface area (TPSA) is 94.8 Å². The van der Waals surface area contributed by atoms with Gasteiger partial charge in [0.1, 0.15) is 11.5 Å². The zero-order valence-electron chi connectivity index (χ0n) is 20.7. The Morgan fingerprint density at radius 2 is 1.76 bits per heavy atom. The molecule has 0 amide bonds. The molecule has 1 unspecified atom stereocenters. The first-order valence-corrected chi connectivity index (χ1v) is 14.5. The van der Waals surface area contributed by atoms with Crippen molar-refractivity contribution in [3.8, 4) is 5.69 Å². The van der Waals surface area contributed by atoms with Gasteiger partial charge < -0.3 is 0 Å². The summed E-state index contributed by atoms with van der Waals surface area (Å²) in [5, 5.41) is 8.12. The molecule has 1 fully saturated rings. The maximum atomic E-state index is 14.2. The van der Waals surface area contributed by atoms with E-state index < -0.39 is 20.5 Å². The van der Waals surface area contributed by atoms with Crippen LogP contribution < -0.4 is 0 Å². The standard InChI is InChI=1S/C29H27FN4O3S/c30-22-10-12-23(13-11-22)34-27-16-21-9-14-24(38(36,37)19-20-6-2-1-3-7-20)17-29(21,18-26(27)32-33-34)28(35)25-8-4-5-15-31-25/h1-8,10-13,15,21,24H,9,14,16-19H2/t21?,24-,29+/m0/s1. The number of nitrogens with zero attached hydrogens (tertiary/aromatic N) is 4. The summed E-state index contributed by atoms with van der Waals surface area (Å²) in [5.74, 6) is -0.615. The van der Waals surface area contributed by atoms with Gasteiger partial charge in [0.05, 0.1) is 28.1 Å². The largest absolute Gasteiger partial charge is 0.292 e. The van der Waals surface area contributed by atoms with Crippen molar-refractivity contribution in [2.24, 2.45) is 11.3 Å². The fourth-order valence-electron chi connectivity index (χ4n) is 6.19. The lowest BCUT2D eigenvalue weighted by atomic mass is 9.57. The van der Waals surface area contributed by atoms with Crippen molar-refractivity contribution in [2.75, 3.05) is 0 Å². The van der Waals surface area contributed by atoms with Crippen LogP contribution in [0, 0.1) is 17.2 Å². The lowest BCUT2D eigenvalue weighted by Gasteiger charge is -2.47. The van der Waals surface area contributed by atoms with Crippen LogP contribution in [-0.4, -0.2) is 39.4 Å². The molecule has 194 valence electrons. The summed E-state index contributed by atoms with van der Waals surface area (Å²) in [6.07, 6.45) is 3.72. The molecular formula is C29H27FN4O3S. The van der Waals surface area contributed by atoms with Gasteiger partial charge in [0.15, 0.2) is 15.6 Å². The summed E-state index contributed by atoms with van der Waals surface area (Å²) < 4.78 is 42.4. The lowest BCUT2D eigenvalue weighted by molar-refractivity contribution is 0.0483. The third kappa shape index (κ3) is 4.34. The van der Waals surface area contributed by atoms with Crippen molar-refractivity contribution in [3.05, 3.63) is 107 Å². The summed E-state index contributed by atoms with van der Waals surface area (Å²) >= 11 is 0. The summed E-state index contributed by atoms with van der Waals surface area (Å²) in [5.41, 5.74) is 2.40. The molecule has 7 nitrogen and oxygen atoms in total. The first kappa shape index (κ1) is 24.6. The molecule has 9 heteroatoms. The van der Waals surface area contributed by atoms with E-state index in [0.29, 0.717) is 42.8 Å². The number of hydrogen-bond acceptors (Lipinski definition) is 6. The highest BCUT2D eigenvalue weighted by Crippen LogP contribution is 2.52. The number of carbonyl (C=O) groups is 1. The molecule has 0 spiro atoms. The minimum Gasteiger partial charge on any atom is -0.292 e. The van der Waals surface area contributed by atoms with Gasteiger partial charge in [-0.1, -0.05) is 41.6 Å². The fraction of sp³-hybridized carbons (Fsp3) is 0.310.